The van der Waals surface area contributed by atoms with Crippen LogP contribution in [0.1, 0.15) is 33.4 Å². The molecule has 0 fully saturated rings. The van der Waals surface area contributed by atoms with Gasteiger partial charge in [0.05, 0.1) is 27.5 Å². The van der Waals surface area contributed by atoms with Crippen molar-refractivity contribution < 1.29 is 0 Å². The van der Waals surface area contributed by atoms with Gasteiger partial charge in [0.2, 0.25) is 0 Å². The lowest BCUT2D eigenvalue weighted by molar-refractivity contribution is 0.769. The minimum atomic E-state index is -0.626. The third-order valence-electron chi connectivity index (χ3n) is 17.3. The highest BCUT2D eigenvalue weighted by Gasteiger charge is 2.48. The van der Waals surface area contributed by atoms with Gasteiger partial charge in [-0.15, -0.1) is 0 Å². The molecule has 16 rings (SSSR count). The number of benzene rings is 13. The first kappa shape index (κ1) is 45.2. The fraction of sp³-hybridized carbons (Fsp3) is 0.0390. The van der Waals surface area contributed by atoms with Gasteiger partial charge in [0.25, 0.3) is 0 Å². The van der Waals surface area contributed by atoms with Crippen LogP contribution in [0, 0.1) is 13.8 Å². The van der Waals surface area contributed by atoms with Crippen molar-refractivity contribution in [3.8, 4) is 55.9 Å². The van der Waals surface area contributed by atoms with Crippen molar-refractivity contribution in [3.63, 3.8) is 0 Å². The van der Waals surface area contributed by atoms with Crippen molar-refractivity contribution in [2.75, 3.05) is 0 Å². The summed E-state index contributed by atoms with van der Waals surface area (Å²) in [6.07, 6.45) is 0. The van der Waals surface area contributed by atoms with E-state index in [4.69, 9.17) is 0 Å². The Morgan fingerprint density at radius 2 is 0.671 bits per heavy atom. The van der Waals surface area contributed by atoms with Crippen molar-refractivity contribution in [2.24, 2.45) is 0 Å². The lowest BCUT2D eigenvalue weighted by Gasteiger charge is -2.36. The lowest BCUT2D eigenvalue weighted by Crippen LogP contribution is -2.29. The van der Waals surface area contributed by atoms with Crippen molar-refractivity contribution in [2.45, 2.75) is 19.3 Å². The van der Waals surface area contributed by atoms with Gasteiger partial charge in [-0.05, 0) is 157 Å². The average Bonchev–Trinajstić information content (AvgIpc) is 4.32. The smallest absolute Gasteiger partial charge is 0.0719 e. The van der Waals surface area contributed by atoms with Gasteiger partial charge in [-0.2, -0.15) is 0 Å². The van der Waals surface area contributed by atoms with Gasteiger partial charge >= 0.3 is 0 Å². The monoisotopic (exact) mass is 1000 g/mol. The molecule has 79 heavy (non-hydrogen) atoms. The predicted molar refractivity (Wildman–Crippen MR) is 333 cm³/mol. The number of hydrogen-bond acceptors (Lipinski definition) is 0. The molecule has 2 aromatic heterocycles. The van der Waals surface area contributed by atoms with Crippen LogP contribution in [0.25, 0.3) is 121 Å². The summed E-state index contributed by atoms with van der Waals surface area (Å²) in [7, 11) is 0. The van der Waals surface area contributed by atoms with Crippen LogP contribution >= 0.6 is 0 Å². The summed E-state index contributed by atoms with van der Waals surface area (Å²) in [4.78, 5) is 0. The molecule has 0 saturated carbocycles. The number of para-hydroxylation sites is 4. The second-order valence-electron chi connectivity index (χ2n) is 21.6. The van der Waals surface area contributed by atoms with E-state index in [1.807, 2.05) is 0 Å². The molecule has 2 heterocycles. The molecule has 0 amide bonds. The Kier molecular flexibility index (Phi) is 10.0. The minimum absolute atomic E-state index is 0.626. The van der Waals surface area contributed by atoms with E-state index in [1.165, 1.54) is 143 Å². The molecule has 370 valence electrons. The summed E-state index contributed by atoms with van der Waals surface area (Å²) in [6.45, 7) is 4.39. The molecular formula is C77H52N2. The SMILES string of the molecule is Cc1ccc(C2(c3ccc(C)cc3)c3ccccc3-c3cccc(-c4c5cccc(-c6ccc7c8ccccc8n(-c8ccccc8)c7c6)c5cc5c(-c6ccc7c8ccccc8n(-c8ccccc8)c7c6)cccc45)c32)cc1. The molecule has 0 spiro atoms. The van der Waals surface area contributed by atoms with E-state index in [9.17, 15) is 0 Å². The molecule has 0 bridgehead atoms. The molecular weight excluding hydrogens is 953 g/mol. The van der Waals surface area contributed by atoms with E-state index in [1.54, 1.807) is 0 Å². The molecule has 1 aliphatic carbocycles. The maximum Gasteiger partial charge on any atom is 0.0719 e. The molecule has 0 radical (unpaired) electrons. The fourth-order valence-corrected chi connectivity index (χ4v) is 13.9. The van der Waals surface area contributed by atoms with E-state index in [0.29, 0.717) is 0 Å². The van der Waals surface area contributed by atoms with Crippen LogP contribution in [0.5, 0.6) is 0 Å². The van der Waals surface area contributed by atoms with Gasteiger partial charge < -0.3 is 9.13 Å². The van der Waals surface area contributed by atoms with Gasteiger partial charge in [-0.3, -0.25) is 0 Å². The number of aryl methyl sites for hydroxylation is 2. The first-order valence-electron chi connectivity index (χ1n) is 27.6. The summed E-state index contributed by atoms with van der Waals surface area (Å²) in [5.74, 6) is 0. The topological polar surface area (TPSA) is 9.86 Å². The molecule has 2 heteroatoms. The van der Waals surface area contributed by atoms with Crippen molar-refractivity contribution >= 4 is 65.2 Å². The van der Waals surface area contributed by atoms with Crippen molar-refractivity contribution in [1.29, 1.82) is 0 Å². The zero-order valence-corrected chi connectivity index (χ0v) is 44.0. The molecule has 0 saturated heterocycles. The Hall–Kier alpha value is -10.0. The number of nitrogens with zero attached hydrogens (tertiary/aromatic N) is 2. The quantitative estimate of drug-likeness (QED) is 0.141. The highest BCUT2D eigenvalue weighted by molar-refractivity contribution is 6.21. The Bertz CT molecular complexity index is 4680. The normalized spacial score (nSPS) is 12.8. The minimum Gasteiger partial charge on any atom is -0.309 e. The number of hydrogen-bond donors (Lipinski definition) is 0. The van der Waals surface area contributed by atoms with Crippen LogP contribution in [0.2, 0.25) is 0 Å². The summed E-state index contributed by atoms with van der Waals surface area (Å²) in [5.41, 5.74) is 23.8. The molecule has 15 aromatic rings. The standard InChI is InChI=1S/C77H52N2/c1-49-34-40-53(41-35-49)77(54-42-36-50(2)37-43-54)70-31-12-9-22-59(70)66-29-17-30-67(76(66)77)75-64-27-15-25-57(51-38-44-62-60-23-10-13-32-71(60)78(73(62)46-51)55-18-5-3-6-19-55)68(64)48-69-58(26-16-28-65(69)75)52-39-45-63-61-24-11-14-33-72(61)79(74(63)47-52)56-20-7-4-8-21-56/h3-48H,1-2H3. The Morgan fingerprint density at radius 3 is 1.20 bits per heavy atom. The van der Waals surface area contributed by atoms with E-state index in [-0.39, 0.29) is 0 Å². The number of fused-ring (bicyclic) bond motifs is 11. The lowest BCUT2D eigenvalue weighted by atomic mass is 9.65. The van der Waals surface area contributed by atoms with Gasteiger partial charge in [0.1, 0.15) is 0 Å². The maximum atomic E-state index is 2.51. The molecule has 1 aliphatic rings. The summed E-state index contributed by atoms with van der Waals surface area (Å²) >= 11 is 0. The second kappa shape index (κ2) is 17.5. The average molecular weight is 1010 g/mol. The van der Waals surface area contributed by atoms with E-state index < -0.39 is 5.41 Å². The summed E-state index contributed by atoms with van der Waals surface area (Å²) in [5, 5.41) is 9.83. The summed E-state index contributed by atoms with van der Waals surface area (Å²) < 4.78 is 4.87. The highest BCUT2D eigenvalue weighted by atomic mass is 15.0. The van der Waals surface area contributed by atoms with Gasteiger partial charge in [0, 0.05) is 32.9 Å². The van der Waals surface area contributed by atoms with Crippen LogP contribution < -0.4 is 0 Å². The van der Waals surface area contributed by atoms with Crippen molar-refractivity contribution in [3.05, 3.63) is 312 Å². The third kappa shape index (κ3) is 6.65. The zero-order chi connectivity index (χ0) is 52.3. The van der Waals surface area contributed by atoms with Crippen LogP contribution in [0.15, 0.2) is 279 Å². The zero-order valence-electron chi connectivity index (χ0n) is 44.0. The third-order valence-corrected chi connectivity index (χ3v) is 17.3. The Balaban J connectivity index is 1.03. The van der Waals surface area contributed by atoms with E-state index >= 15 is 0 Å². The van der Waals surface area contributed by atoms with Gasteiger partial charge in [-0.1, -0.05) is 236 Å². The Labute approximate surface area is 459 Å². The largest absolute Gasteiger partial charge is 0.309 e. The van der Waals surface area contributed by atoms with Crippen LogP contribution in [-0.4, -0.2) is 9.13 Å². The van der Waals surface area contributed by atoms with E-state index in [0.717, 1.165) is 11.4 Å². The Morgan fingerprint density at radius 1 is 0.266 bits per heavy atom. The van der Waals surface area contributed by atoms with Gasteiger partial charge in [-0.25, -0.2) is 0 Å². The number of rotatable bonds is 7. The molecule has 0 N–H and O–H groups in total. The molecule has 0 atom stereocenters. The summed E-state index contributed by atoms with van der Waals surface area (Å²) in [6, 6.07) is 105. The fourth-order valence-electron chi connectivity index (χ4n) is 13.9. The first-order chi connectivity index (χ1) is 39.0. The van der Waals surface area contributed by atoms with E-state index in [2.05, 4.69) is 302 Å². The first-order valence-corrected chi connectivity index (χ1v) is 27.6. The van der Waals surface area contributed by atoms with Crippen LogP contribution in [0.3, 0.4) is 0 Å². The predicted octanol–water partition coefficient (Wildman–Crippen LogP) is 20.2. The van der Waals surface area contributed by atoms with Crippen LogP contribution in [-0.2, 0) is 5.41 Å². The molecule has 0 aliphatic heterocycles. The molecule has 0 unspecified atom stereocenters. The van der Waals surface area contributed by atoms with Gasteiger partial charge in [0.15, 0.2) is 0 Å². The molecule has 13 aromatic carbocycles. The van der Waals surface area contributed by atoms with Crippen LogP contribution in [0.4, 0.5) is 0 Å². The highest BCUT2D eigenvalue weighted by Crippen LogP contribution is 2.60. The number of aromatic nitrogens is 2. The van der Waals surface area contributed by atoms with Crippen molar-refractivity contribution in [1.82, 2.24) is 9.13 Å². The second-order valence-corrected chi connectivity index (χ2v) is 21.6. The maximum absolute atomic E-state index is 2.51. The molecule has 2 nitrogen and oxygen atoms in total.